The normalized spacial score (nSPS) is 16.6. The number of nitrogens with one attached hydrogen (secondary N) is 1. The average molecular weight is 303 g/mol. The number of hydrogen-bond acceptors (Lipinski definition) is 5. The van der Waals surface area contributed by atoms with E-state index < -0.39 is 0 Å². The minimum absolute atomic E-state index is 0.185. The average Bonchev–Trinajstić information content (AvgIpc) is 3.01. The zero-order chi connectivity index (χ0) is 15.4. The fraction of sp³-hybridized carbons (Fsp3) is 0.471. The van der Waals surface area contributed by atoms with Crippen LogP contribution in [0, 0.1) is 0 Å². The van der Waals surface area contributed by atoms with Crippen molar-refractivity contribution in [2.45, 2.75) is 39.2 Å². The van der Waals surface area contributed by atoms with Crippen LogP contribution in [0.1, 0.15) is 38.2 Å². The van der Waals surface area contributed by atoms with E-state index in [0.717, 1.165) is 54.0 Å². The molecule has 5 heteroatoms. The topological polar surface area (TPSA) is 56.8 Å². The molecule has 1 aliphatic heterocycles. The standard InChI is InChI=1S/C17H21NO4/c1-2-20-17(19)13-5-3-4-6-14(13)18-10-12-7-8-15-16(9-12)22-11-21-15/h7-9,18H,2-6,10-11H2,1H3. The summed E-state index contributed by atoms with van der Waals surface area (Å²) in [4.78, 5) is 12.0. The third kappa shape index (κ3) is 3.18. The SMILES string of the molecule is CCOC(=O)C1=C(NCc2ccc3c(c2)OCO3)CCCC1. The molecule has 0 spiro atoms. The van der Waals surface area contributed by atoms with Crippen molar-refractivity contribution >= 4 is 5.97 Å². The van der Waals surface area contributed by atoms with E-state index in [4.69, 9.17) is 14.2 Å². The molecule has 1 N–H and O–H groups in total. The first kappa shape index (κ1) is 14.8. The van der Waals surface area contributed by atoms with E-state index in [1.165, 1.54) is 0 Å². The van der Waals surface area contributed by atoms with Gasteiger partial charge in [0.2, 0.25) is 6.79 Å². The first-order chi connectivity index (χ1) is 10.8. The van der Waals surface area contributed by atoms with Gasteiger partial charge in [-0.15, -0.1) is 0 Å². The van der Waals surface area contributed by atoms with Gasteiger partial charge in [0.25, 0.3) is 0 Å². The second-order valence-corrected chi connectivity index (χ2v) is 5.43. The molecule has 1 aromatic rings. The van der Waals surface area contributed by atoms with Gasteiger partial charge in [0, 0.05) is 12.2 Å². The maximum Gasteiger partial charge on any atom is 0.335 e. The van der Waals surface area contributed by atoms with Crippen molar-refractivity contribution < 1.29 is 19.0 Å². The van der Waals surface area contributed by atoms with Crippen molar-refractivity contribution in [1.82, 2.24) is 5.32 Å². The molecule has 2 aliphatic rings. The number of fused-ring (bicyclic) bond motifs is 1. The third-order valence-electron chi connectivity index (χ3n) is 3.93. The molecule has 0 aromatic heterocycles. The fourth-order valence-electron chi connectivity index (χ4n) is 2.80. The van der Waals surface area contributed by atoms with Gasteiger partial charge >= 0.3 is 5.97 Å². The molecule has 5 nitrogen and oxygen atoms in total. The molecule has 1 aromatic carbocycles. The summed E-state index contributed by atoms with van der Waals surface area (Å²) < 4.78 is 15.8. The summed E-state index contributed by atoms with van der Waals surface area (Å²) in [5, 5.41) is 3.40. The van der Waals surface area contributed by atoms with E-state index in [1.807, 2.05) is 25.1 Å². The van der Waals surface area contributed by atoms with Gasteiger partial charge < -0.3 is 19.5 Å². The summed E-state index contributed by atoms with van der Waals surface area (Å²) in [6.07, 6.45) is 3.84. The number of carbonyl (C=O) groups excluding carboxylic acids is 1. The zero-order valence-corrected chi connectivity index (χ0v) is 12.8. The van der Waals surface area contributed by atoms with Crippen molar-refractivity contribution in [3.63, 3.8) is 0 Å². The summed E-state index contributed by atoms with van der Waals surface area (Å²) in [6.45, 7) is 3.19. The van der Waals surface area contributed by atoms with Crippen LogP contribution in [-0.4, -0.2) is 19.4 Å². The third-order valence-corrected chi connectivity index (χ3v) is 3.93. The maximum absolute atomic E-state index is 12.0. The first-order valence-corrected chi connectivity index (χ1v) is 7.79. The number of hydrogen-bond donors (Lipinski definition) is 1. The summed E-state index contributed by atoms with van der Waals surface area (Å²) in [6, 6.07) is 5.90. The molecular formula is C17H21NO4. The molecule has 0 unspecified atom stereocenters. The van der Waals surface area contributed by atoms with Gasteiger partial charge in [-0.25, -0.2) is 4.79 Å². The second-order valence-electron chi connectivity index (χ2n) is 5.43. The van der Waals surface area contributed by atoms with Gasteiger partial charge in [0.05, 0.1) is 12.2 Å². The first-order valence-electron chi connectivity index (χ1n) is 7.79. The molecule has 1 aliphatic carbocycles. The molecule has 0 atom stereocenters. The van der Waals surface area contributed by atoms with Crippen molar-refractivity contribution in [1.29, 1.82) is 0 Å². The predicted octanol–water partition coefficient (Wildman–Crippen LogP) is 2.90. The second kappa shape index (κ2) is 6.73. The number of ether oxygens (including phenoxy) is 3. The van der Waals surface area contributed by atoms with E-state index in [-0.39, 0.29) is 12.8 Å². The fourth-order valence-corrected chi connectivity index (χ4v) is 2.80. The van der Waals surface area contributed by atoms with E-state index >= 15 is 0 Å². The number of benzene rings is 1. The summed E-state index contributed by atoms with van der Waals surface area (Å²) in [5.74, 6) is 1.38. The Morgan fingerprint density at radius 2 is 2.05 bits per heavy atom. The summed E-state index contributed by atoms with van der Waals surface area (Å²) in [5.41, 5.74) is 2.92. The largest absolute Gasteiger partial charge is 0.463 e. The highest BCUT2D eigenvalue weighted by Crippen LogP contribution is 2.32. The number of carbonyl (C=O) groups is 1. The summed E-state index contributed by atoms with van der Waals surface area (Å²) >= 11 is 0. The van der Waals surface area contributed by atoms with E-state index in [0.29, 0.717) is 13.2 Å². The van der Waals surface area contributed by atoms with Crippen LogP contribution in [0.25, 0.3) is 0 Å². The van der Waals surface area contributed by atoms with Crippen LogP contribution in [0.3, 0.4) is 0 Å². The minimum Gasteiger partial charge on any atom is -0.463 e. The van der Waals surface area contributed by atoms with Crippen LogP contribution in [0.2, 0.25) is 0 Å². The van der Waals surface area contributed by atoms with E-state index in [1.54, 1.807) is 0 Å². The van der Waals surface area contributed by atoms with Gasteiger partial charge in [-0.05, 0) is 50.3 Å². The lowest BCUT2D eigenvalue weighted by molar-refractivity contribution is -0.138. The smallest absolute Gasteiger partial charge is 0.335 e. The Labute approximate surface area is 130 Å². The lowest BCUT2D eigenvalue weighted by Gasteiger charge is -2.20. The maximum atomic E-state index is 12.0. The van der Waals surface area contributed by atoms with Crippen LogP contribution in [0.4, 0.5) is 0 Å². The highest BCUT2D eigenvalue weighted by atomic mass is 16.7. The summed E-state index contributed by atoms with van der Waals surface area (Å²) in [7, 11) is 0. The van der Waals surface area contributed by atoms with Crippen molar-refractivity contribution in [2.75, 3.05) is 13.4 Å². The molecule has 0 amide bonds. The molecule has 118 valence electrons. The Morgan fingerprint density at radius 1 is 1.23 bits per heavy atom. The molecule has 0 bridgehead atoms. The highest BCUT2D eigenvalue weighted by Gasteiger charge is 2.20. The van der Waals surface area contributed by atoms with Crippen molar-refractivity contribution in [3.05, 3.63) is 35.0 Å². The highest BCUT2D eigenvalue weighted by molar-refractivity contribution is 5.89. The molecule has 1 heterocycles. The van der Waals surface area contributed by atoms with Crippen LogP contribution in [0.15, 0.2) is 29.5 Å². The zero-order valence-electron chi connectivity index (χ0n) is 12.8. The minimum atomic E-state index is -0.185. The van der Waals surface area contributed by atoms with Gasteiger partial charge in [-0.1, -0.05) is 6.07 Å². The van der Waals surface area contributed by atoms with Crippen molar-refractivity contribution in [3.8, 4) is 11.5 Å². The lowest BCUT2D eigenvalue weighted by atomic mass is 9.96. The van der Waals surface area contributed by atoms with Gasteiger partial charge in [-0.2, -0.15) is 0 Å². The van der Waals surface area contributed by atoms with Crippen LogP contribution in [0.5, 0.6) is 11.5 Å². The molecule has 0 fully saturated rings. The van der Waals surface area contributed by atoms with Gasteiger partial charge in [-0.3, -0.25) is 0 Å². The van der Waals surface area contributed by atoms with Crippen LogP contribution >= 0.6 is 0 Å². The quantitative estimate of drug-likeness (QED) is 0.848. The van der Waals surface area contributed by atoms with Gasteiger partial charge in [0.15, 0.2) is 11.5 Å². The number of rotatable bonds is 5. The lowest BCUT2D eigenvalue weighted by Crippen LogP contribution is -2.22. The molecule has 3 rings (SSSR count). The number of esters is 1. The Kier molecular flexibility index (Phi) is 4.51. The monoisotopic (exact) mass is 303 g/mol. The van der Waals surface area contributed by atoms with E-state index in [9.17, 15) is 4.79 Å². The van der Waals surface area contributed by atoms with E-state index in [2.05, 4.69) is 5.32 Å². The van der Waals surface area contributed by atoms with Crippen molar-refractivity contribution in [2.24, 2.45) is 0 Å². The molecule has 0 saturated heterocycles. The Balaban J connectivity index is 1.69. The predicted molar refractivity (Wildman–Crippen MR) is 81.5 cm³/mol. The molecule has 0 saturated carbocycles. The molecule has 22 heavy (non-hydrogen) atoms. The number of allylic oxidation sites excluding steroid dienone is 1. The Hall–Kier alpha value is -2.17. The van der Waals surface area contributed by atoms with Gasteiger partial charge in [0.1, 0.15) is 0 Å². The Morgan fingerprint density at radius 3 is 2.91 bits per heavy atom. The van der Waals surface area contributed by atoms with Crippen LogP contribution < -0.4 is 14.8 Å². The Bertz CT molecular complexity index is 594. The molecule has 0 radical (unpaired) electrons. The van der Waals surface area contributed by atoms with Crippen LogP contribution in [-0.2, 0) is 16.1 Å². The molecular weight excluding hydrogens is 282 g/mol.